The molecule has 1 heterocycles. The molecule has 0 spiro atoms. The molecule has 148 valence electrons. The highest BCUT2D eigenvalue weighted by Gasteiger charge is 2.16. The molecule has 1 saturated heterocycles. The van der Waals surface area contributed by atoms with Crippen molar-refractivity contribution < 1.29 is 14.3 Å². The normalized spacial score (nSPS) is 15.6. The maximum atomic E-state index is 12.3. The lowest BCUT2D eigenvalue weighted by Crippen LogP contribution is -2.41. The summed E-state index contributed by atoms with van der Waals surface area (Å²) in [6, 6.07) is 15.2. The van der Waals surface area contributed by atoms with E-state index in [1.165, 1.54) is 0 Å². The van der Waals surface area contributed by atoms with E-state index in [0.717, 1.165) is 38.4 Å². The van der Waals surface area contributed by atoms with Crippen molar-refractivity contribution in [3.8, 4) is 0 Å². The van der Waals surface area contributed by atoms with Crippen LogP contribution in [0.15, 0.2) is 54.6 Å². The Morgan fingerprint density at radius 3 is 2.39 bits per heavy atom. The fraction of sp³-hybridized carbons (Fsp3) is 0.333. The standard InChI is InChI=1S/C21H26N4O3/c22-19(16-4-2-1-3-5-16)21(27)24-18-8-6-17(7-9-18)20(26)23-10-11-25-12-14-28-15-13-25/h1-9,19H,10-15,22H2,(H,23,26)(H,24,27). The molecular formula is C21H26N4O3. The molecule has 1 unspecified atom stereocenters. The molecule has 28 heavy (non-hydrogen) atoms. The van der Waals surface area contributed by atoms with E-state index in [0.29, 0.717) is 17.8 Å². The number of amides is 2. The molecule has 4 N–H and O–H groups in total. The lowest BCUT2D eigenvalue weighted by Gasteiger charge is -2.26. The third kappa shape index (κ3) is 5.63. The van der Waals surface area contributed by atoms with Gasteiger partial charge >= 0.3 is 0 Å². The maximum Gasteiger partial charge on any atom is 0.251 e. The van der Waals surface area contributed by atoms with Crippen molar-refractivity contribution >= 4 is 17.5 Å². The van der Waals surface area contributed by atoms with E-state index < -0.39 is 6.04 Å². The van der Waals surface area contributed by atoms with Gasteiger partial charge in [0.15, 0.2) is 0 Å². The Kier molecular flexibility index (Phi) is 7.13. The first-order chi connectivity index (χ1) is 13.6. The summed E-state index contributed by atoms with van der Waals surface area (Å²) in [5.74, 6) is -0.430. The molecule has 1 fully saturated rings. The molecule has 7 nitrogen and oxygen atoms in total. The molecule has 2 aromatic rings. The minimum atomic E-state index is -0.746. The van der Waals surface area contributed by atoms with Crippen LogP contribution in [0.2, 0.25) is 0 Å². The summed E-state index contributed by atoms with van der Waals surface area (Å²) in [5, 5.41) is 5.70. The van der Waals surface area contributed by atoms with Gasteiger partial charge in [-0.05, 0) is 29.8 Å². The minimum Gasteiger partial charge on any atom is -0.379 e. The van der Waals surface area contributed by atoms with Gasteiger partial charge in [0.1, 0.15) is 6.04 Å². The minimum absolute atomic E-state index is 0.132. The van der Waals surface area contributed by atoms with Crippen molar-refractivity contribution in [3.05, 3.63) is 65.7 Å². The SMILES string of the molecule is NC(C(=O)Nc1ccc(C(=O)NCCN2CCOCC2)cc1)c1ccccc1. The summed E-state index contributed by atoms with van der Waals surface area (Å²) in [6.45, 7) is 4.68. The largest absolute Gasteiger partial charge is 0.379 e. The third-order valence-corrected chi connectivity index (χ3v) is 4.67. The molecule has 0 saturated carbocycles. The van der Waals surface area contributed by atoms with Gasteiger partial charge in [-0.15, -0.1) is 0 Å². The van der Waals surface area contributed by atoms with Crippen LogP contribution in [-0.2, 0) is 9.53 Å². The first kappa shape index (κ1) is 20.0. The van der Waals surface area contributed by atoms with E-state index >= 15 is 0 Å². The van der Waals surface area contributed by atoms with Crippen LogP contribution in [-0.4, -0.2) is 56.1 Å². The molecule has 1 atom stereocenters. The summed E-state index contributed by atoms with van der Waals surface area (Å²) in [6.07, 6.45) is 0. The number of carbonyl (C=O) groups is 2. The van der Waals surface area contributed by atoms with Gasteiger partial charge in [0, 0.05) is 37.4 Å². The second-order valence-electron chi connectivity index (χ2n) is 6.66. The molecule has 0 aromatic heterocycles. The lowest BCUT2D eigenvalue weighted by molar-refractivity contribution is -0.117. The fourth-order valence-electron chi connectivity index (χ4n) is 2.99. The number of nitrogens with one attached hydrogen (secondary N) is 2. The van der Waals surface area contributed by atoms with Gasteiger partial charge in [-0.2, -0.15) is 0 Å². The van der Waals surface area contributed by atoms with Crippen LogP contribution in [0.5, 0.6) is 0 Å². The van der Waals surface area contributed by atoms with Gasteiger partial charge < -0.3 is 21.1 Å². The van der Waals surface area contributed by atoms with Crippen LogP contribution in [0.1, 0.15) is 22.0 Å². The number of ether oxygens (including phenoxy) is 1. The first-order valence-corrected chi connectivity index (χ1v) is 9.43. The highest BCUT2D eigenvalue weighted by atomic mass is 16.5. The molecular weight excluding hydrogens is 356 g/mol. The van der Waals surface area contributed by atoms with Gasteiger partial charge in [-0.3, -0.25) is 14.5 Å². The Labute approximate surface area is 164 Å². The zero-order valence-electron chi connectivity index (χ0n) is 15.8. The Hall–Kier alpha value is -2.74. The van der Waals surface area contributed by atoms with Crippen molar-refractivity contribution in [1.82, 2.24) is 10.2 Å². The summed E-state index contributed by atoms with van der Waals surface area (Å²) >= 11 is 0. The summed E-state index contributed by atoms with van der Waals surface area (Å²) in [7, 11) is 0. The highest BCUT2D eigenvalue weighted by Crippen LogP contribution is 2.14. The van der Waals surface area contributed by atoms with Gasteiger partial charge in [0.2, 0.25) is 5.91 Å². The number of hydrogen-bond donors (Lipinski definition) is 3. The topological polar surface area (TPSA) is 96.7 Å². The van der Waals surface area contributed by atoms with Gasteiger partial charge in [-0.1, -0.05) is 30.3 Å². The predicted molar refractivity (Wildman–Crippen MR) is 108 cm³/mol. The monoisotopic (exact) mass is 382 g/mol. The van der Waals surface area contributed by atoms with Crippen molar-refractivity contribution in [3.63, 3.8) is 0 Å². The second kappa shape index (κ2) is 9.98. The molecule has 7 heteroatoms. The predicted octanol–water partition coefficient (Wildman–Crippen LogP) is 1.39. The Bertz CT molecular complexity index is 774. The summed E-state index contributed by atoms with van der Waals surface area (Å²) in [4.78, 5) is 26.8. The molecule has 2 aromatic carbocycles. The molecule has 3 rings (SSSR count). The molecule has 1 aliphatic heterocycles. The molecule has 0 aliphatic carbocycles. The van der Waals surface area contributed by atoms with Crippen LogP contribution in [0.3, 0.4) is 0 Å². The van der Waals surface area contributed by atoms with E-state index in [1.54, 1.807) is 24.3 Å². The molecule has 0 bridgehead atoms. The van der Waals surface area contributed by atoms with E-state index in [1.807, 2.05) is 30.3 Å². The number of morpholine rings is 1. The van der Waals surface area contributed by atoms with E-state index in [-0.39, 0.29) is 11.8 Å². The Morgan fingerprint density at radius 1 is 1.04 bits per heavy atom. The Morgan fingerprint density at radius 2 is 1.71 bits per heavy atom. The van der Waals surface area contributed by atoms with Crippen LogP contribution in [0, 0.1) is 0 Å². The maximum absolute atomic E-state index is 12.3. The van der Waals surface area contributed by atoms with Crippen molar-refractivity contribution in [1.29, 1.82) is 0 Å². The number of nitrogens with zero attached hydrogens (tertiary/aromatic N) is 1. The first-order valence-electron chi connectivity index (χ1n) is 9.43. The quantitative estimate of drug-likeness (QED) is 0.672. The van der Waals surface area contributed by atoms with Crippen molar-refractivity contribution in [2.24, 2.45) is 5.73 Å². The van der Waals surface area contributed by atoms with Crippen LogP contribution >= 0.6 is 0 Å². The smallest absolute Gasteiger partial charge is 0.251 e. The summed E-state index contributed by atoms with van der Waals surface area (Å²) < 4.78 is 5.31. The van der Waals surface area contributed by atoms with Gasteiger partial charge in [0.05, 0.1) is 13.2 Å². The fourth-order valence-corrected chi connectivity index (χ4v) is 2.99. The van der Waals surface area contributed by atoms with Crippen molar-refractivity contribution in [2.45, 2.75) is 6.04 Å². The van der Waals surface area contributed by atoms with E-state index in [9.17, 15) is 9.59 Å². The third-order valence-electron chi connectivity index (χ3n) is 4.67. The van der Waals surface area contributed by atoms with E-state index in [4.69, 9.17) is 10.5 Å². The van der Waals surface area contributed by atoms with Crippen LogP contribution in [0.25, 0.3) is 0 Å². The molecule has 1 aliphatic rings. The number of carbonyl (C=O) groups excluding carboxylic acids is 2. The second-order valence-corrected chi connectivity index (χ2v) is 6.66. The average molecular weight is 382 g/mol. The van der Waals surface area contributed by atoms with Crippen LogP contribution < -0.4 is 16.4 Å². The zero-order valence-corrected chi connectivity index (χ0v) is 15.8. The van der Waals surface area contributed by atoms with Crippen molar-refractivity contribution in [2.75, 3.05) is 44.7 Å². The molecule has 2 amide bonds. The summed E-state index contributed by atoms with van der Waals surface area (Å²) in [5.41, 5.74) is 7.89. The molecule has 0 radical (unpaired) electrons. The zero-order chi connectivity index (χ0) is 19.8. The Balaban J connectivity index is 1.47. The highest BCUT2D eigenvalue weighted by molar-refractivity contribution is 5.97. The lowest BCUT2D eigenvalue weighted by atomic mass is 10.1. The van der Waals surface area contributed by atoms with Crippen LogP contribution in [0.4, 0.5) is 5.69 Å². The average Bonchev–Trinajstić information content (AvgIpc) is 2.75. The number of nitrogens with two attached hydrogens (primary N) is 1. The number of hydrogen-bond acceptors (Lipinski definition) is 5. The number of benzene rings is 2. The number of anilines is 1. The van der Waals surface area contributed by atoms with Gasteiger partial charge in [0.25, 0.3) is 5.91 Å². The number of rotatable bonds is 7. The van der Waals surface area contributed by atoms with Gasteiger partial charge in [-0.25, -0.2) is 0 Å². The van der Waals surface area contributed by atoms with E-state index in [2.05, 4.69) is 15.5 Å².